The number of ether oxygens (including phenoxy) is 1. The smallest absolute Gasteiger partial charge is 0.259 e. The number of benzene rings is 2. The van der Waals surface area contributed by atoms with Gasteiger partial charge in [-0.1, -0.05) is 31.2 Å². The lowest BCUT2D eigenvalue weighted by atomic mass is 10.00. The summed E-state index contributed by atoms with van der Waals surface area (Å²) in [6, 6.07) is 15.3. The van der Waals surface area contributed by atoms with E-state index < -0.39 is 28.0 Å². The topological polar surface area (TPSA) is 113 Å². The molecular formula is C29H30FN3O6S. The number of likely N-dealkylation sites (N-methyl/N-ethyl adjacent to an activating group) is 1. The number of sulfonamides is 1. The third-order valence-electron chi connectivity index (χ3n) is 7.17. The van der Waals surface area contributed by atoms with Crippen molar-refractivity contribution >= 4 is 26.9 Å². The van der Waals surface area contributed by atoms with Gasteiger partial charge in [0.2, 0.25) is 15.9 Å². The number of aliphatic hydroxyl groups is 1. The van der Waals surface area contributed by atoms with E-state index in [9.17, 15) is 22.7 Å². The molecule has 0 bridgehead atoms. The van der Waals surface area contributed by atoms with Crippen LogP contribution in [-0.4, -0.2) is 72.5 Å². The van der Waals surface area contributed by atoms with E-state index in [2.05, 4.69) is 4.98 Å². The Bertz CT molecular complexity index is 1620. The second-order valence-electron chi connectivity index (χ2n) is 10.1. The SMILES string of the molecule is C[C@H](CO)N1C[C@H](C)[C@H](CN(C)S(=O)(=O)c2cccc(F)c2)Oc2ncc(-c3cc4ccccc4o3)cc2C1=O. The van der Waals surface area contributed by atoms with Crippen LogP contribution in [0.5, 0.6) is 5.88 Å². The first kappa shape index (κ1) is 27.8. The standard InChI is InChI=1S/C29H30FN3O6S/c1-18-15-33(19(2)17-34)29(35)24-11-21(26-12-20-7-4-5-10-25(20)38-26)14-31-28(24)39-27(18)16-32(3)40(36,37)23-9-6-8-22(30)13-23/h4-14,18-19,27,34H,15-17H2,1-3H3/t18-,19+,27-/m0/s1. The summed E-state index contributed by atoms with van der Waals surface area (Å²) in [7, 11) is -2.63. The van der Waals surface area contributed by atoms with E-state index in [0.717, 1.165) is 15.8 Å². The Labute approximate surface area is 231 Å². The number of rotatable bonds is 7. The number of para-hydroxylation sites is 1. The highest BCUT2D eigenvalue weighted by molar-refractivity contribution is 7.89. The minimum atomic E-state index is -4.02. The van der Waals surface area contributed by atoms with Crippen LogP contribution in [0.1, 0.15) is 24.2 Å². The van der Waals surface area contributed by atoms with Crippen molar-refractivity contribution in [2.45, 2.75) is 30.9 Å². The van der Waals surface area contributed by atoms with Crippen LogP contribution in [0.4, 0.5) is 4.39 Å². The summed E-state index contributed by atoms with van der Waals surface area (Å²) >= 11 is 0. The Morgan fingerprint density at radius 3 is 2.67 bits per heavy atom. The normalized spacial score (nSPS) is 18.8. The van der Waals surface area contributed by atoms with Crippen molar-refractivity contribution in [3.63, 3.8) is 0 Å². The molecule has 0 saturated heterocycles. The van der Waals surface area contributed by atoms with Gasteiger partial charge in [-0.25, -0.2) is 17.8 Å². The van der Waals surface area contributed by atoms with E-state index in [1.165, 1.54) is 25.2 Å². The molecule has 3 heterocycles. The Hall–Kier alpha value is -3.80. The van der Waals surface area contributed by atoms with Gasteiger partial charge in [0.1, 0.15) is 28.8 Å². The van der Waals surface area contributed by atoms with Gasteiger partial charge in [-0.15, -0.1) is 0 Å². The molecule has 0 aliphatic carbocycles. The quantitative estimate of drug-likeness (QED) is 0.357. The molecule has 3 atom stereocenters. The monoisotopic (exact) mass is 567 g/mol. The van der Waals surface area contributed by atoms with Crippen molar-refractivity contribution in [1.29, 1.82) is 0 Å². The predicted molar refractivity (Wildman–Crippen MR) is 147 cm³/mol. The second-order valence-corrected chi connectivity index (χ2v) is 12.1. The first-order valence-electron chi connectivity index (χ1n) is 12.9. The fraction of sp³-hybridized carbons (Fsp3) is 0.310. The van der Waals surface area contributed by atoms with Gasteiger partial charge in [-0.3, -0.25) is 4.79 Å². The highest BCUT2D eigenvalue weighted by Crippen LogP contribution is 2.33. The molecule has 11 heteroatoms. The van der Waals surface area contributed by atoms with Crippen molar-refractivity contribution in [2.24, 2.45) is 5.92 Å². The minimum Gasteiger partial charge on any atom is -0.472 e. The third-order valence-corrected chi connectivity index (χ3v) is 8.99. The van der Waals surface area contributed by atoms with Crippen molar-refractivity contribution in [3.8, 4) is 17.2 Å². The second kappa shape index (κ2) is 11.0. The number of fused-ring (bicyclic) bond motifs is 2. The molecule has 9 nitrogen and oxygen atoms in total. The van der Waals surface area contributed by atoms with Gasteiger partial charge in [-0.05, 0) is 43.3 Å². The van der Waals surface area contributed by atoms with Crippen molar-refractivity contribution in [1.82, 2.24) is 14.2 Å². The number of halogens is 1. The van der Waals surface area contributed by atoms with Crippen LogP contribution >= 0.6 is 0 Å². The largest absolute Gasteiger partial charge is 0.472 e. The molecule has 1 N–H and O–H groups in total. The summed E-state index contributed by atoms with van der Waals surface area (Å²) < 4.78 is 53.4. The van der Waals surface area contributed by atoms with Gasteiger partial charge >= 0.3 is 0 Å². The van der Waals surface area contributed by atoms with E-state index in [0.29, 0.717) is 16.9 Å². The Kier molecular flexibility index (Phi) is 7.63. The van der Waals surface area contributed by atoms with Gasteiger partial charge in [0.15, 0.2) is 0 Å². The lowest BCUT2D eigenvalue weighted by Crippen LogP contribution is -2.50. The number of aromatic nitrogens is 1. The highest BCUT2D eigenvalue weighted by Gasteiger charge is 2.36. The van der Waals surface area contributed by atoms with Crippen LogP contribution < -0.4 is 4.74 Å². The van der Waals surface area contributed by atoms with Crippen LogP contribution in [0.15, 0.2) is 76.2 Å². The molecule has 40 heavy (non-hydrogen) atoms. The van der Waals surface area contributed by atoms with Gasteiger partial charge < -0.3 is 19.2 Å². The molecule has 0 fully saturated rings. The molecule has 4 aromatic rings. The molecule has 210 valence electrons. The molecule has 0 saturated carbocycles. The lowest BCUT2D eigenvalue weighted by molar-refractivity contribution is 0.0373. The molecular weight excluding hydrogens is 537 g/mol. The molecule has 5 rings (SSSR count). The van der Waals surface area contributed by atoms with Crippen molar-refractivity contribution in [2.75, 3.05) is 26.7 Å². The van der Waals surface area contributed by atoms with Crippen LogP contribution in [0.2, 0.25) is 0 Å². The van der Waals surface area contributed by atoms with Crippen LogP contribution in [0.3, 0.4) is 0 Å². The van der Waals surface area contributed by atoms with E-state index in [4.69, 9.17) is 9.15 Å². The van der Waals surface area contributed by atoms with Gasteiger partial charge in [0.25, 0.3) is 5.91 Å². The zero-order chi connectivity index (χ0) is 28.6. The zero-order valence-electron chi connectivity index (χ0n) is 22.3. The average molecular weight is 568 g/mol. The molecule has 2 aromatic carbocycles. The summed E-state index contributed by atoms with van der Waals surface area (Å²) in [5.41, 5.74) is 1.43. The Morgan fingerprint density at radius 1 is 1.18 bits per heavy atom. The number of hydrogen-bond acceptors (Lipinski definition) is 7. The van der Waals surface area contributed by atoms with Crippen LogP contribution in [0, 0.1) is 11.7 Å². The van der Waals surface area contributed by atoms with E-state index >= 15 is 0 Å². The number of hydrogen-bond donors (Lipinski definition) is 1. The predicted octanol–water partition coefficient (Wildman–Crippen LogP) is 4.17. The van der Waals surface area contributed by atoms with Crippen molar-refractivity contribution < 1.29 is 31.9 Å². The average Bonchev–Trinajstić information content (AvgIpc) is 3.38. The number of carbonyl (C=O) groups excluding carboxylic acids is 1. The molecule has 0 spiro atoms. The fourth-order valence-electron chi connectivity index (χ4n) is 4.74. The van der Waals surface area contributed by atoms with Gasteiger partial charge in [0.05, 0.1) is 24.1 Å². The summed E-state index contributed by atoms with van der Waals surface area (Å²) in [5, 5.41) is 10.8. The van der Waals surface area contributed by atoms with Gasteiger partial charge in [0, 0.05) is 36.7 Å². The summed E-state index contributed by atoms with van der Waals surface area (Å²) in [6.07, 6.45) is 0.832. The van der Waals surface area contributed by atoms with Crippen molar-refractivity contribution in [3.05, 3.63) is 78.2 Å². The summed E-state index contributed by atoms with van der Waals surface area (Å²) in [6.45, 7) is 3.43. The summed E-state index contributed by atoms with van der Waals surface area (Å²) in [4.78, 5) is 19.5. The van der Waals surface area contributed by atoms with Crippen LogP contribution in [-0.2, 0) is 10.0 Å². The lowest BCUT2D eigenvalue weighted by Gasteiger charge is -2.37. The van der Waals surface area contributed by atoms with E-state index in [1.54, 1.807) is 24.1 Å². The maximum Gasteiger partial charge on any atom is 0.259 e. The minimum absolute atomic E-state index is 0.0492. The number of pyridine rings is 1. The Morgan fingerprint density at radius 2 is 1.95 bits per heavy atom. The molecule has 1 aliphatic heterocycles. The molecule has 2 aromatic heterocycles. The number of nitrogens with zero attached hydrogens (tertiary/aromatic N) is 3. The first-order chi connectivity index (χ1) is 19.1. The maximum atomic E-state index is 13.8. The van der Waals surface area contributed by atoms with E-state index in [-0.39, 0.29) is 47.9 Å². The Balaban J connectivity index is 1.51. The number of amides is 1. The highest BCUT2D eigenvalue weighted by atomic mass is 32.2. The maximum absolute atomic E-state index is 13.8. The zero-order valence-corrected chi connectivity index (χ0v) is 23.1. The molecule has 1 aliphatic rings. The summed E-state index contributed by atoms with van der Waals surface area (Å²) in [5.74, 6) is -0.788. The molecule has 0 radical (unpaired) electrons. The first-order valence-corrected chi connectivity index (χ1v) is 14.3. The third kappa shape index (κ3) is 5.32. The number of aliphatic hydroxyl groups excluding tert-OH is 1. The van der Waals surface area contributed by atoms with Gasteiger partial charge in [-0.2, -0.15) is 4.31 Å². The number of furan rings is 1. The fourth-order valence-corrected chi connectivity index (χ4v) is 5.95. The van der Waals surface area contributed by atoms with E-state index in [1.807, 2.05) is 37.3 Å². The molecule has 0 unspecified atom stereocenters. The molecule has 1 amide bonds. The van der Waals surface area contributed by atoms with Crippen LogP contribution in [0.25, 0.3) is 22.3 Å². The number of carbonyl (C=O) groups is 1.